The fraction of sp³-hybridized carbons (Fsp3) is 0.227. The smallest absolute Gasteiger partial charge is 0.220 e. The maximum atomic E-state index is 12.1. The molecule has 4 aromatic rings. The lowest BCUT2D eigenvalue weighted by atomic mass is 10.1. The van der Waals surface area contributed by atoms with Gasteiger partial charge in [-0.05, 0) is 29.7 Å². The quantitative estimate of drug-likeness (QED) is 0.497. The normalized spacial score (nSPS) is 11.0. The van der Waals surface area contributed by atoms with Crippen LogP contribution in [0.4, 0.5) is 0 Å². The molecule has 0 aliphatic carbocycles. The second kappa shape index (κ2) is 8.52. The molecule has 6 nitrogen and oxygen atoms in total. The summed E-state index contributed by atoms with van der Waals surface area (Å²) >= 11 is 0. The zero-order chi connectivity index (χ0) is 19.2. The van der Waals surface area contributed by atoms with Crippen molar-refractivity contribution in [1.82, 2.24) is 24.8 Å². The van der Waals surface area contributed by atoms with Gasteiger partial charge in [-0.15, -0.1) is 0 Å². The number of rotatable bonds is 8. The predicted molar refractivity (Wildman–Crippen MR) is 109 cm³/mol. The van der Waals surface area contributed by atoms with Crippen LogP contribution >= 0.6 is 0 Å². The Bertz CT molecular complexity index is 1000. The summed E-state index contributed by atoms with van der Waals surface area (Å²) in [6, 6.07) is 16.3. The summed E-state index contributed by atoms with van der Waals surface area (Å²) in [5.74, 6) is 1.00. The SMILES string of the molecule is O=C(CCCc1nc2ccccc2[nH]1)NCc1ccc(Cn2ccnc2)cc1. The largest absolute Gasteiger partial charge is 0.352 e. The van der Waals surface area contributed by atoms with Gasteiger partial charge in [0.2, 0.25) is 5.91 Å². The van der Waals surface area contributed by atoms with Gasteiger partial charge in [0, 0.05) is 38.3 Å². The van der Waals surface area contributed by atoms with Crippen LogP contribution in [0.5, 0.6) is 0 Å². The number of hydrogen-bond donors (Lipinski definition) is 2. The lowest BCUT2D eigenvalue weighted by Crippen LogP contribution is -2.22. The van der Waals surface area contributed by atoms with Crippen LogP contribution in [0.25, 0.3) is 11.0 Å². The van der Waals surface area contributed by atoms with Crippen molar-refractivity contribution in [3.05, 3.63) is 84.2 Å². The topological polar surface area (TPSA) is 75.6 Å². The first-order valence-corrected chi connectivity index (χ1v) is 9.50. The third kappa shape index (κ3) is 4.65. The average Bonchev–Trinajstić information content (AvgIpc) is 3.36. The number of H-pyrrole nitrogens is 1. The summed E-state index contributed by atoms with van der Waals surface area (Å²) < 4.78 is 2.03. The molecule has 4 rings (SSSR count). The minimum absolute atomic E-state index is 0.0682. The van der Waals surface area contributed by atoms with Crippen molar-refractivity contribution in [2.45, 2.75) is 32.4 Å². The minimum atomic E-state index is 0.0682. The van der Waals surface area contributed by atoms with E-state index in [-0.39, 0.29) is 5.91 Å². The van der Waals surface area contributed by atoms with Gasteiger partial charge >= 0.3 is 0 Å². The second-order valence-electron chi connectivity index (χ2n) is 6.88. The van der Waals surface area contributed by atoms with E-state index >= 15 is 0 Å². The van der Waals surface area contributed by atoms with Crippen LogP contribution in [0.3, 0.4) is 0 Å². The number of aromatic nitrogens is 4. The summed E-state index contributed by atoms with van der Waals surface area (Å²) in [4.78, 5) is 24.0. The Labute approximate surface area is 163 Å². The highest BCUT2D eigenvalue weighted by molar-refractivity contribution is 5.76. The van der Waals surface area contributed by atoms with E-state index in [0.717, 1.165) is 41.8 Å². The number of carbonyl (C=O) groups is 1. The summed E-state index contributed by atoms with van der Waals surface area (Å²) in [7, 11) is 0. The van der Waals surface area contributed by atoms with E-state index in [0.29, 0.717) is 13.0 Å². The standard InChI is InChI=1S/C22H23N5O/c28-22(7-3-6-21-25-19-4-1-2-5-20(19)26-21)24-14-17-8-10-18(11-9-17)15-27-13-12-23-16-27/h1-2,4-5,8-13,16H,3,6-7,14-15H2,(H,24,28)(H,25,26). The van der Waals surface area contributed by atoms with Crippen molar-refractivity contribution < 1.29 is 4.79 Å². The molecular formula is C22H23N5O. The summed E-state index contributed by atoms with van der Waals surface area (Å²) in [6.45, 7) is 1.35. The molecular weight excluding hydrogens is 350 g/mol. The number of benzene rings is 2. The molecule has 2 aromatic heterocycles. The Hall–Kier alpha value is -3.41. The predicted octanol–water partition coefficient (Wildman–Crippen LogP) is 3.45. The van der Waals surface area contributed by atoms with E-state index in [4.69, 9.17) is 0 Å². The Morgan fingerprint density at radius 3 is 2.68 bits per heavy atom. The zero-order valence-electron chi connectivity index (χ0n) is 15.6. The van der Waals surface area contributed by atoms with Crippen LogP contribution in [-0.4, -0.2) is 25.4 Å². The molecule has 0 aliphatic rings. The molecule has 0 saturated heterocycles. The van der Waals surface area contributed by atoms with E-state index in [1.54, 1.807) is 12.5 Å². The van der Waals surface area contributed by atoms with Gasteiger partial charge in [-0.25, -0.2) is 9.97 Å². The molecule has 0 unspecified atom stereocenters. The lowest BCUT2D eigenvalue weighted by molar-refractivity contribution is -0.121. The van der Waals surface area contributed by atoms with Crippen molar-refractivity contribution in [2.24, 2.45) is 0 Å². The van der Waals surface area contributed by atoms with Crippen molar-refractivity contribution in [1.29, 1.82) is 0 Å². The number of nitrogens with zero attached hydrogens (tertiary/aromatic N) is 3. The van der Waals surface area contributed by atoms with Gasteiger partial charge in [0.05, 0.1) is 17.4 Å². The highest BCUT2D eigenvalue weighted by Gasteiger charge is 2.05. The zero-order valence-corrected chi connectivity index (χ0v) is 15.6. The number of carbonyl (C=O) groups excluding carboxylic acids is 1. The van der Waals surface area contributed by atoms with Gasteiger partial charge in [0.1, 0.15) is 5.82 Å². The van der Waals surface area contributed by atoms with Gasteiger partial charge in [0.15, 0.2) is 0 Å². The van der Waals surface area contributed by atoms with Crippen LogP contribution in [-0.2, 0) is 24.3 Å². The molecule has 28 heavy (non-hydrogen) atoms. The number of aromatic amines is 1. The van der Waals surface area contributed by atoms with E-state index in [9.17, 15) is 4.79 Å². The molecule has 0 fully saturated rings. The van der Waals surface area contributed by atoms with Gasteiger partial charge in [-0.1, -0.05) is 36.4 Å². The fourth-order valence-corrected chi connectivity index (χ4v) is 3.18. The van der Waals surface area contributed by atoms with Crippen LogP contribution in [0.1, 0.15) is 29.8 Å². The van der Waals surface area contributed by atoms with E-state index < -0.39 is 0 Å². The number of nitrogens with one attached hydrogen (secondary N) is 2. The second-order valence-corrected chi connectivity index (χ2v) is 6.88. The fourth-order valence-electron chi connectivity index (χ4n) is 3.18. The summed E-state index contributed by atoms with van der Waals surface area (Å²) in [5.41, 5.74) is 4.32. The molecule has 0 saturated carbocycles. The molecule has 6 heteroatoms. The number of hydrogen-bond acceptors (Lipinski definition) is 3. The molecule has 0 radical (unpaired) electrons. The minimum Gasteiger partial charge on any atom is -0.352 e. The molecule has 2 N–H and O–H groups in total. The number of amides is 1. The Morgan fingerprint density at radius 2 is 1.89 bits per heavy atom. The van der Waals surface area contributed by atoms with Gasteiger partial charge in [-0.3, -0.25) is 4.79 Å². The third-order valence-electron chi connectivity index (χ3n) is 4.69. The number of imidazole rings is 2. The highest BCUT2D eigenvalue weighted by atomic mass is 16.1. The maximum Gasteiger partial charge on any atom is 0.220 e. The number of aryl methyl sites for hydroxylation is 1. The van der Waals surface area contributed by atoms with Crippen molar-refractivity contribution >= 4 is 16.9 Å². The first kappa shape index (κ1) is 18.0. The van der Waals surface area contributed by atoms with Crippen molar-refractivity contribution in [3.63, 3.8) is 0 Å². The highest BCUT2D eigenvalue weighted by Crippen LogP contribution is 2.12. The Morgan fingerprint density at radius 1 is 1.07 bits per heavy atom. The molecule has 2 heterocycles. The van der Waals surface area contributed by atoms with E-state index in [1.165, 1.54) is 5.56 Å². The van der Waals surface area contributed by atoms with Gasteiger partial charge in [0.25, 0.3) is 0 Å². The maximum absolute atomic E-state index is 12.1. The molecule has 1 amide bonds. The van der Waals surface area contributed by atoms with Crippen LogP contribution in [0.15, 0.2) is 67.3 Å². The average molecular weight is 373 g/mol. The molecule has 142 valence electrons. The molecule has 2 aromatic carbocycles. The molecule has 0 spiro atoms. The van der Waals surface area contributed by atoms with Gasteiger partial charge in [-0.2, -0.15) is 0 Å². The molecule has 0 aliphatic heterocycles. The van der Waals surface area contributed by atoms with Gasteiger partial charge < -0.3 is 14.9 Å². The van der Waals surface area contributed by atoms with Crippen molar-refractivity contribution in [3.8, 4) is 0 Å². The van der Waals surface area contributed by atoms with E-state index in [2.05, 4.69) is 44.5 Å². The Kier molecular flexibility index (Phi) is 5.47. The Balaban J connectivity index is 1.19. The molecule has 0 atom stereocenters. The van der Waals surface area contributed by atoms with Crippen LogP contribution < -0.4 is 5.32 Å². The third-order valence-corrected chi connectivity index (χ3v) is 4.69. The van der Waals surface area contributed by atoms with E-state index in [1.807, 2.05) is 35.0 Å². The monoisotopic (exact) mass is 373 g/mol. The van der Waals surface area contributed by atoms with Crippen molar-refractivity contribution in [2.75, 3.05) is 0 Å². The summed E-state index contributed by atoms with van der Waals surface area (Å²) in [6.07, 6.45) is 7.56. The number of para-hydroxylation sites is 2. The van der Waals surface area contributed by atoms with Crippen LogP contribution in [0.2, 0.25) is 0 Å². The van der Waals surface area contributed by atoms with Crippen LogP contribution in [0, 0.1) is 0 Å². The number of fused-ring (bicyclic) bond motifs is 1. The molecule has 0 bridgehead atoms. The first-order valence-electron chi connectivity index (χ1n) is 9.50. The summed E-state index contributed by atoms with van der Waals surface area (Å²) in [5, 5.41) is 2.99. The lowest BCUT2D eigenvalue weighted by Gasteiger charge is -2.07. The first-order chi connectivity index (χ1) is 13.8.